The molecule has 0 aliphatic carbocycles. The Hall–Kier alpha value is -0.470. The topological polar surface area (TPSA) is 17.1 Å². The van der Waals surface area contributed by atoms with Crippen LogP contribution in [0.5, 0.6) is 0 Å². The van der Waals surface area contributed by atoms with E-state index in [-0.39, 0.29) is 5.25 Å². The highest BCUT2D eigenvalue weighted by molar-refractivity contribution is 7.80. The molecule has 0 amide bonds. The first kappa shape index (κ1) is 9.62. The molecule has 0 spiro atoms. The number of benzene rings is 1. The summed E-state index contributed by atoms with van der Waals surface area (Å²) < 4.78 is 0. The lowest BCUT2D eigenvalue weighted by Gasteiger charge is -2.06. The highest BCUT2D eigenvalue weighted by atomic mass is 35.5. The maximum atomic E-state index is 10.2. The Morgan fingerprint density at radius 3 is 2.50 bits per heavy atom. The third-order valence-electron chi connectivity index (χ3n) is 1.57. The zero-order valence-electron chi connectivity index (χ0n) is 6.40. The maximum absolute atomic E-state index is 10.2. The van der Waals surface area contributed by atoms with Crippen LogP contribution in [0.15, 0.2) is 24.3 Å². The third kappa shape index (κ3) is 2.54. The molecule has 1 nitrogen and oxygen atoms in total. The summed E-state index contributed by atoms with van der Waals surface area (Å²) in [5.41, 5.74) is 1.02. The summed E-state index contributed by atoms with van der Waals surface area (Å²) in [6.07, 6.45) is 1.30. The largest absolute Gasteiger partial charge is 0.303 e. The lowest BCUT2D eigenvalue weighted by Crippen LogP contribution is -1.90. The number of carbonyl (C=O) groups is 1. The molecule has 12 heavy (non-hydrogen) atoms. The van der Waals surface area contributed by atoms with Crippen LogP contribution in [0.3, 0.4) is 0 Å². The van der Waals surface area contributed by atoms with E-state index in [9.17, 15) is 4.79 Å². The van der Waals surface area contributed by atoms with Crippen LogP contribution >= 0.6 is 24.2 Å². The van der Waals surface area contributed by atoms with Crippen molar-refractivity contribution >= 4 is 30.5 Å². The molecule has 0 saturated carbocycles. The quantitative estimate of drug-likeness (QED) is 0.587. The molecular formula is C9H9ClOS. The van der Waals surface area contributed by atoms with E-state index in [1.165, 1.54) is 0 Å². The first-order valence-corrected chi connectivity index (χ1v) is 4.50. The van der Waals surface area contributed by atoms with Crippen molar-refractivity contribution in [3.05, 3.63) is 34.9 Å². The molecule has 0 aliphatic heterocycles. The van der Waals surface area contributed by atoms with Crippen LogP contribution in [-0.4, -0.2) is 6.29 Å². The molecule has 1 rings (SSSR count). The van der Waals surface area contributed by atoms with Crippen LogP contribution in [0.25, 0.3) is 0 Å². The average molecular weight is 201 g/mol. The second kappa shape index (κ2) is 4.53. The number of rotatable bonds is 3. The Labute approximate surface area is 82.1 Å². The van der Waals surface area contributed by atoms with Gasteiger partial charge in [-0.15, -0.1) is 0 Å². The summed E-state index contributed by atoms with van der Waals surface area (Å²) in [7, 11) is 0. The standard InChI is InChI=1S/C9H9ClOS/c10-8-3-1-7(2-4-8)9(12)5-6-11/h1-4,6,9,12H,5H2. The minimum absolute atomic E-state index is 0.0141. The summed E-state index contributed by atoms with van der Waals surface area (Å²) in [6.45, 7) is 0. The Morgan fingerprint density at radius 2 is 2.00 bits per heavy atom. The van der Waals surface area contributed by atoms with Gasteiger partial charge in [0.1, 0.15) is 6.29 Å². The van der Waals surface area contributed by atoms with Gasteiger partial charge < -0.3 is 4.79 Å². The molecule has 0 bridgehead atoms. The molecule has 3 heteroatoms. The van der Waals surface area contributed by atoms with Gasteiger partial charge in [0.15, 0.2) is 0 Å². The summed E-state index contributed by atoms with van der Waals surface area (Å²) >= 11 is 9.96. The number of halogens is 1. The SMILES string of the molecule is O=CCC(S)c1ccc(Cl)cc1. The second-order valence-corrected chi connectivity index (χ2v) is 3.53. The monoisotopic (exact) mass is 200 g/mol. The van der Waals surface area contributed by atoms with Gasteiger partial charge in [0.05, 0.1) is 0 Å². The van der Waals surface area contributed by atoms with E-state index in [4.69, 9.17) is 11.6 Å². The Bertz CT molecular complexity index is 258. The third-order valence-corrected chi connectivity index (χ3v) is 2.34. The first-order valence-electron chi connectivity index (χ1n) is 3.61. The first-order chi connectivity index (χ1) is 5.74. The smallest absolute Gasteiger partial charge is 0.121 e. The van der Waals surface area contributed by atoms with Crippen LogP contribution in [0.1, 0.15) is 17.2 Å². The minimum atomic E-state index is -0.0141. The highest BCUT2D eigenvalue weighted by Gasteiger charge is 2.04. The van der Waals surface area contributed by atoms with E-state index < -0.39 is 0 Å². The fourth-order valence-corrected chi connectivity index (χ4v) is 1.30. The summed E-state index contributed by atoms with van der Waals surface area (Å²) in [4.78, 5) is 10.2. The fourth-order valence-electron chi connectivity index (χ4n) is 0.912. The molecule has 1 unspecified atom stereocenters. The lowest BCUT2D eigenvalue weighted by atomic mass is 10.1. The van der Waals surface area contributed by atoms with E-state index in [2.05, 4.69) is 12.6 Å². The van der Waals surface area contributed by atoms with Gasteiger partial charge in [0.2, 0.25) is 0 Å². The van der Waals surface area contributed by atoms with Crippen molar-refractivity contribution in [1.29, 1.82) is 0 Å². The molecule has 0 saturated heterocycles. The van der Waals surface area contributed by atoms with Gasteiger partial charge in [-0.3, -0.25) is 0 Å². The molecule has 1 aromatic rings. The lowest BCUT2D eigenvalue weighted by molar-refractivity contribution is -0.107. The van der Waals surface area contributed by atoms with Crippen LogP contribution in [0.4, 0.5) is 0 Å². The number of carbonyl (C=O) groups excluding carboxylic acids is 1. The molecular weight excluding hydrogens is 192 g/mol. The molecule has 0 heterocycles. The van der Waals surface area contributed by atoms with E-state index >= 15 is 0 Å². The molecule has 64 valence electrons. The van der Waals surface area contributed by atoms with Crippen LogP contribution in [0.2, 0.25) is 5.02 Å². The fraction of sp³-hybridized carbons (Fsp3) is 0.222. The van der Waals surface area contributed by atoms with Crippen LogP contribution in [-0.2, 0) is 4.79 Å². The Morgan fingerprint density at radius 1 is 1.42 bits per heavy atom. The van der Waals surface area contributed by atoms with Crippen molar-refractivity contribution in [2.75, 3.05) is 0 Å². The summed E-state index contributed by atoms with van der Waals surface area (Å²) in [5.74, 6) is 0. The zero-order chi connectivity index (χ0) is 8.97. The van der Waals surface area contributed by atoms with E-state index in [0.717, 1.165) is 11.8 Å². The van der Waals surface area contributed by atoms with Gasteiger partial charge >= 0.3 is 0 Å². The number of aldehydes is 1. The van der Waals surface area contributed by atoms with Gasteiger partial charge in [-0.25, -0.2) is 0 Å². The van der Waals surface area contributed by atoms with Crippen LogP contribution in [0, 0.1) is 0 Å². The number of thiol groups is 1. The van der Waals surface area contributed by atoms with Crippen molar-refractivity contribution in [1.82, 2.24) is 0 Å². The van der Waals surface area contributed by atoms with Crippen LogP contribution < -0.4 is 0 Å². The van der Waals surface area contributed by atoms with Crippen molar-refractivity contribution in [2.45, 2.75) is 11.7 Å². The normalized spacial score (nSPS) is 12.5. The van der Waals surface area contributed by atoms with Crippen molar-refractivity contribution in [2.24, 2.45) is 0 Å². The maximum Gasteiger partial charge on any atom is 0.121 e. The molecule has 1 atom stereocenters. The van der Waals surface area contributed by atoms with Gasteiger partial charge in [-0.1, -0.05) is 23.7 Å². The molecule has 0 aromatic heterocycles. The molecule has 0 fully saturated rings. The highest BCUT2D eigenvalue weighted by Crippen LogP contribution is 2.23. The predicted octanol–water partition coefficient (Wildman–Crippen LogP) is 2.90. The Kier molecular flexibility index (Phi) is 3.63. The number of hydrogen-bond acceptors (Lipinski definition) is 2. The van der Waals surface area contributed by atoms with Gasteiger partial charge in [0, 0.05) is 16.7 Å². The van der Waals surface area contributed by atoms with E-state index in [1.54, 1.807) is 12.1 Å². The minimum Gasteiger partial charge on any atom is -0.303 e. The molecule has 0 radical (unpaired) electrons. The number of hydrogen-bond donors (Lipinski definition) is 1. The van der Waals surface area contributed by atoms with Gasteiger partial charge in [-0.2, -0.15) is 12.6 Å². The van der Waals surface area contributed by atoms with Crippen molar-refractivity contribution in [3.63, 3.8) is 0 Å². The van der Waals surface area contributed by atoms with Gasteiger partial charge in [-0.05, 0) is 17.7 Å². The van der Waals surface area contributed by atoms with E-state index in [0.29, 0.717) is 11.4 Å². The average Bonchev–Trinajstić information content (AvgIpc) is 2.06. The Balaban J connectivity index is 2.74. The molecule has 0 N–H and O–H groups in total. The molecule has 1 aromatic carbocycles. The summed E-state index contributed by atoms with van der Waals surface area (Å²) in [6, 6.07) is 7.35. The zero-order valence-corrected chi connectivity index (χ0v) is 8.05. The summed E-state index contributed by atoms with van der Waals surface area (Å²) in [5, 5.41) is 0.685. The van der Waals surface area contributed by atoms with Crippen molar-refractivity contribution < 1.29 is 4.79 Å². The van der Waals surface area contributed by atoms with Crippen molar-refractivity contribution in [3.8, 4) is 0 Å². The van der Waals surface area contributed by atoms with E-state index in [1.807, 2.05) is 12.1 Å². The van der Waals surface area contributed by atoms with Gasteiger partial charge in [0.25, 0.3) is 0 Å². The second-order valence-electron chi connectivity index (χ2n) is 2.47. The predicted molar refractivity (Wildman–Crippen MR) is 53.9 cm³/mol. The molecule has 0 aliphatic rings.